The van der Waals surface area contributed by atoms with Gasteiger partial charge in [-0.25, -0.2) is 4.79 Å². The maximum absolute atomic E-state index is 11.0. The van der Waals surface area contributed by atoms with Gasteiger partial charge < -0.3 is 15.7 Å². The van der Waals surface area contributed by atoms with Crippen LogP contribution in [0.2, 0.25) is 0 Å². The first-order valence-electron chi connectivity index (χ1n) is 6.13. The second-order valence-electron chi connectivity index (χ2n) is 5.39. The van der Waals surface area contributed by atoms with Gasteiger partial charge in [0.2, 0.25) is 0 Å². The van der Waals surface area contributed by atoms with E-state index in [9.17, 15) is 4.79 Å². The van der Waals surface area contributed by atoms with Gasteiger partial charge in [0.15, 0.2) is 0 Å². The molecule has 0 aliphatic heterocycles. The van der Waals surface area contributed by atoms with Crippen LogP contribution in [0.25, 0.3) is 0 Å². The predicted molar refractivity (Wildman–Crippen MR) is 74.4 cm³/mol. The van der Waals surface area contributed by atoms with Crippen LogP contribution in [0.15, 0.2) is 18.2 Å². The quantitative estimate of drug-likeness (QED) is 0.703. The Hall–Kier alpha value is -1.55. The summed E-state index contributed by atoms with van der Waals surface area (Å²) in [5, 5.41) is 15.7. The van der Waals surface area contributed by atoms with Gasteiger partial charge in [-0.3, -0.25) is 0 Å². The van der Waals surface area contributed by atoms with E-state index in [1.165, 1.54) is 0 Å². The molecule has 0 radical (unpaired) electrons. The van der Waals surface area contributed by atoms with Crippen molar-refractivity contribution in [3.63, 3.8) is 0 Å². The first-order chi connectivity index (χ1) is 8.31. The van der Waals surface area contributed by atoms with Crippen molar-refractivity contribution in [1.29, 1.82) is 0 Å². The number of nitrogens with one attached hydrogen (secondary N) is 2. The van der Waals surface area contributed by atoms with E-state index in [0.717, 1.165) is 24.3 Å². The van der Waals surface area contributed by atoms with Gasteiger partial charge in [-0.2, -0.15) is 0 Å². The lowest BCUT2D eigenvalue weighted by atomic mass is 10.1. The van der Waals surface area contributed by atoms with E-state index in [2.05, 4.69) is 31.4 Å². The number of hydrogen-bond donors (Lipinski definition) is 3. The van der Waals surface area contributed by atoms with E-state index in [1.54, 1.807) is 12.1 Å². The molecule has 3 N–H and O–H groups in total. The predicted octanol–water partition coefficient (Wildman–Crippen LogP) is 2.49. The molecule has 1 aromatic rings. The Morgan fingerprint density at radius 1 is 1.28 bits per heavy atom. The van der Waals surface area contributed by atoms with E-state index < -0.39 is 5.97 Å². The second kappa shape index (κ2) is 5.87. The highest BCUT2D eigenvalue weighted by molar-refractivity contribution is 5.91. The summed E-state index contributed by atoms with van der Waals surface area (Å²) in [7, 11) is 0. The van der Waals surface area contributed by atoms with Crippen LogP contribution in [0, 0.1) is 6.92 Å². The van der Waals surface area contributed by atoms with Crippen molar-refractivity contribution in [2.75, 3.05) is 18.4 Å². The van der Waals surface area contributed by atoms with Gasteiger partial charge in [0, 0.05) is 24.3 Å². The fraction of sp³-hybridized carbons (Fsp3) is 0.500. The summed E-state index contributed by atoms with van der Waals surface area (Å²) in [5.41, 5.74) is 2.11. The fourth-order valence-corrected chi connectivity index (χ4v) is 1.69. The monoisotopic (exact) mass is 250 g/mol. The molecule has 1 rings (SSSR count). The highest BCUT2D eigenvalue weighted by Crippen LogP contribution is 2.18. The van der Waals surface area contributed by atoms with Crippen LogP contribution in [0.3, 0.4) is 0 Å². The molecular formula is C14H22N2O2. The summed E-state index contributed by atoms with van der Waals surface area (Å²) in [6.07, 6.45) is 0. The molecule has 0 aliphatic carbocycles. The molecule has 0 fully saturated rings. The van der Waals surface area contributed by atoms with Crippen LogP contribution in [-0.4, -0.2) is 29.7 Å². The van der Waals surface area contributed by atoms with E-state index in [4.69, 9.17) is 5.11 Å². The van der Waals surface area contributed by atoms with Crippen LogP contribution in [0.1, 0.15) is 36.7 Å². The van der Waals surface area contributed by atoms with Gasteiger partial charge in [-0.05, 0) is 45.4 Å². The lowest BCUT2D eigenvalue weighted by Crippen LogP contribution is -2.38. The molecule has 0 bridgehead atoms. The van der Waals surface area contributed by atoms with Gasteiger partial charge in [0.05, 0.1) is 5.56 Å². The minimum atomic E-state index is -0.885. The topological polar surface area (TPSA) is 61.4 Å². The zero-order valence-corrected chi connectivity index (χ0v) is 11.5. The van der Waals surface area contributed by atoms with Crippen molar-refractivity contribution in [1.82, 2.24) is 5.32 Å². The zero-order valence-electron chi connectivity index (χ0n) is 11.5. The standard InChI is InChI=1S/C14H22N2O2/c1-10-11(13(17)18)6-5-7-12(10)15-8-9-16-14(2,3)4/h5-7,15-16H,8-9H2,1-4H3,(H,17,18). The zero-order chi connectivity index (χ0) is 13.8. The lowest BCUT2D eigenvalue weighted by Gasteiger charge is -2.21. The second-order valence-corrected chi connectivity index (χ2v) is 5.39. The third kappa shape index (κ3) is 4.37. The average Bonchev–Trinajstić information content (AvgIpc) is 2.24. The highest BCUT2D eigenvalue weighted by atomic mass is 16.4. The first kappa shape index (κ1) is 14.5. The largest absolute Gasteiger partial charge is 0.478 e. The highest BCUT2D eigenvalue weighted by Gasteiger charge is 2.10. The van der Waals surface area contributed by atoms with Crippen molar-refractivity contribution in [3.05, 3.63) is 29.3 Å². The molecule has 0 atom stereocenters. The summed E-state index contributed by atoms with van der Waals surface area (Å²) in [4.78, 5) is 11.0. The van der Waals surface area contributed by atoms with Gasteiger partial charge in [0.25, 0.3) is 0 Å². The molecule has 0 heterocycles. The molecule has 0 aromatic heterocycles. The number of carboxylic acids is 1. The Kier molecular flexibility index (Phi) is 4.73. The molecule has 0 unspecified atom stereocenters. The Morgan fingerprint density at radius 2 is 1.94 bits per heavy atom. The summed E-state index contributed by atoms with van der Waals surface area (Å²) in [5.74, 6) is -0.885. The van der Waals surface area contributed by atoms with Crippen molar-refractivity contribution < 1.29 is 9.90 Å². The molecule has 0 saturated heterocycles. The minimum absolute atomic E-state index is 0.0969. The van der Waals surface area contributed by atoms with Gasteiger partial charge in [-0.1, -0.05) is 6.07 Å². The number of carbonyl (C=O) groups is 1. The van der Waals surface area contributed by atoms with Crippen molar-refractivity contribution in [3.8, 4) is 0 Å². The van der Waals surface area contributed by atoms with Crippen LogP contribution < -0.4 is 10.6 Å². The van der Waals surface area contributed by atoms with Crippen molar-refractivity contribution in [2.24, 2.45) is 0 Å². The Labute approximate surface area is 108 Å². The van der Waals surface area contributed by atoms with Crippen molar-refractivity contribution >= 4 is 11.7 Å². The molecule has 1 aromatic carbocycles. The summed E-state index contributed by atoms with van der Waals surface area (Å²) in [6.45, 7) is 9.76. The van der Waals surface area contributed by atoms with Gasteiger partial charge >= 0.3 is 5.97 Å². The first-order valence-corrected chi connectivity index (χ1v) is 6.13. The molecule has 0 amide bonds. The van der Waals surface area contributed by atoms with Crippen LogP contribution in [0.4, 0.5) is 5.69 Å². The summed E-state index contributed by atoms with van der Waals surface area (Å²) < 4.78 is 0. The number of carboxylic acid groups (broad SMARTS) is 1. The number of rotatable bonds is 5. The average molecular weight is 250 g/mol. The van der Waals surface area contributed by atoms with Gasteiger partial charge in [0.1, 0.15) is 0 Å². The third-order valence-corrected chi connectivity index (χ3v) is 2.66. The number of anilines is 1. The van der Waals surface area contributed by atoms with Crippen molar-refractivity contribution in [2.45, 2.75) is 33.2 Å². The maximum atomic E-state index is 11.0. The van der Waals surface area contributed by atoms with E-state index in [-0.39, 0.29) is 5.54 Å². The molecule has 0 spiro atoms. The minimum Gasteiger partial charge on any atom is -0.478 e. The molecule has 4 heteroatoms. The Balaban J connectivity index is 2.58. The lowest BCUT2D eigenvalue weighted by molar-refractivity contribution is 0.0696. The molecule has 4 nitrogen and oxygen atoms in total. The summed E-state index contributed by atoms with van der Waals surface area (Å²) >= 11 is 0. The van der Waals surface area contributed by atoms with Crippen LogP contribution in [-0.2, 0) is 0 Å². The SMILES string of the molecule is Cc1c(NCCNC(C)(C)C)cccc1C(=O)O. The summed E-state index contributed by atoms with van der Waals surface area (Å²) in [6, 6.07) is 5.28. The smallest absolute Gasteiger partial charge is 0.336 e. The third-order valence-electron chi connectivity index (χ3n) is 2.66. The number of benzene rings is 1. The Bertz CT molecular complexity index is 422. The van der Waals surface area contributed by atoms with E-state index >= 15 is 0 Å². The van der Waals surface area contributed by atoms with Crippen LogP contribution in [0.5, 0.6) is 0 Å². The number of hydrogen-bond acceptors (Lipinski definition) is 3. The van der Waals surface area contributed by atoms with Crippen LogP contribution >= 0.6 is 0 Å². The Morgan fingerprint density at radius 3 is 2.50 bits per heavy atom. The van der Waals surface area contributed by atoms with Gasteiger partial charge in [-0.15, -0.1) is 0 Å². The molecule has 18 heavy (non-hydrogen) atoms. The molecule has 0 aliphatic rings. The molecule has 100 valence electrons. The van der Waals surface area contributed by atoms with E-state index in [1.807, 2.05) is 13.0 Å². The normalized spacial score (nSPS) is 11.3. The molecule has 0 saturated carbocycles. The maximum Gasteiger partial charge on any atom is 0.336 e. The molecular weight excluding hydrogens is 228 g/mol. The number of aromatic carboxylic acids is 1. The van der Waals surface area contributed by atoms with E-state index in [0.29, 0.717) is 5.56 Å². The fourth-order valence-electron chi connectivity index (χ4n) is 1.69.